The smallest absolute Gasteiger partial charge is 0.336 e. The minimum atomic E-state index is -0.575. The molecule has 0 bridgehead atoms. The number of carbonyl (C=O) groups is 2. The first-order chi connectivity index (χ1) is 11.0. The monoisotopic (exact) mass is 336 g/mol. The second-order valence-electron chi connectivity index (χ2n) is 4.95. The zero-order chi connectivity index (χ0) is 17.0. The molecule has 6 nitrogen and oxygen atoms in total. The van der Waals surface area contributed by atoms with Crippen molar-refractivity contribution in [2.45, 2.75) is 33.6 Å². The van der Waals surface area contributed by atoms with E-state index >= 15 is 0 Å². The Morgan fingerprint density at radius 3 is 2.04 bits per heavy atom. The number of hydrogen-bond donors (Lipinski definition) is 1. The van der Waals surface area contributed by atoms with Crippen LogP contribution >= 0.6 is 11.3 Å². The van der Waals surface area contributed by atoms with Crippen molar-refractivity contribution in [3.8, 4) is 0 Å². The van der Waals surface area contributed by atoms with Crippen LogP contribution in [0.5, 0.6) is 0 Å². The average Bonchev–Trinajstić information content (AvgIpc) is 3.00. The molecule has 2 rings (SSSR count). The lowest BCUT2D eigenvalue weighted by atomic mass is 9.86. The van der Waals surface area contributed by atoms with Gasteiger partial charge in [-0.15, -0.1) is 11.3 Å². The molecule has 1 aliphatic heterocycles. The highest BCUT2D eigenvalue weighted by molar-refractivity contribution is 7.09. The highest BCUT2D eigenvalue weighted by atomic mass is 32.1. The number of nitrogens with zero attached hydrogens (tertiary/aromatic N) is 1. The Kier molecular flexibility index (Phi) is 5.54. The van der Waals surface area contributed by atoms with Crippen LogP contribution in [0.2, 0.25) is 0 Å². The molecule has 0 unspecified atom stereocenters. The minimum absolute atomic E-state index is 0.262. The summed E-state index contributed by atoms with van der Waals surface area (Å²) in [7, 11) is 0. The highest BCUT2D eigenvalue weighted by Gasteiger charge is 2.39. The Morgan fingerprint density at radius 2 is 1.65 bits per heavy atom. The van der Waals surface area contributed by atoms with Crippen LogP contribution in [0, 0.1) is 0 Å². The summed E-state index contributed by atoms with van der Waals surface area (Å²) in [5.74, 6) is -1.48. The lowest BCUT2D eigenvalue weighted by Crippen LogP contribution is -2.32. The number of allylic oxidation sites excluding steroid dienone is 2. The van der Waals surface area contributed by atoms with E-state index < -0.39 is 17.9 Å². The normalized spacial score (nSPS) is 15.5. The van der Waals surface area contributed by atoms with Gasteiger partial charge in [0, 0.05) is 23.0 Å². The summed E-state index contributed by atoms with van der Waals surface area (Å²) in [6, 6.07) is 0. The van der Waals surface area contributed by atoms with Crippen molar-refractivity contribution in [2.24, 2.45) is 0 Å². The molecule has 0 saturated carbocycles. The topological polar surface area (TPSA) is 77.5 Å². The van der Waals surface area contributed by atoms with Gasteiger partial charge in [0.25, 0.3) is 0 Å². The maximum atomic E-state index is 12.4. The van der Waals surface area contributed by atoms with Gasteiger partial charge in [-0.2, -0.15) is 0 Å². The molecule has 124 valence electrons. The van der Waals surface area contributed by atoms with Crippen molar-refractivity contribution >= 4 is 23.3 Å². The molecule has 2 heterocycles. The Hall–Kier alpha value is -2.15. The molecule has 0 amide bonds. The first-order valence-corrected chi connectivity index (χ1v) is 8.31. The lowest BCUT2D eigenvalue weighted by molar-refractivity contribution is -0.139. The zero-order valence-corrected chi connectivity index (χ0v) is 14.5. The summed E-state index contributed by atoms with van der Waals surface area (Å²) in [6.07, 6.45) is 1.65. The van der Waals surface area contributed by atoms with Gasteiger partial charge in [0.1, 0.15) is 5.01 Å². The maximum absolute atomic E-state index is 12.4. The van der Waals surface area contributed by atoms with E-state index in [0.29, 0.717) is 27.5 Å². The second kappa shape index (κ2) is 7.41. The molecule has 1 aromatic heterocycles. The molecule has 1 aromatic rings. The van der Waals surface area contributed by atoms with E-state index in [9.17, 15) is 9.59 Å². The molecular formula is C16H20N2O4S. The van der Waals surface area contributed by atoms with Crippen molar-refractivity contribution in [1.29, 1.82) is 0 Å². The number of thiazole rings is 1. The fraction of sp³-hybridized carbons (Fsp3) is 0.438. The van der Waals surface area contributed by atoms with E-state index in [-0.39, 0.29) is 13.2 Å². The largest absolute Gasteiger partial charge is 0.463 e. The maximum Gasteiger partial charge on any atom is 0.336 e. The van der Waals surface area contributed by atoms with Gasteiger partial charge < -0.3 is 14.8 Å². The number of carbonyl (C=O) groups excluding carboxylic acids is 2. The lowest BCUT2D eigenvalue weighted by Gasteiger charge is -2.28. The number of ether oxygens (including phenoxy) is 2. The fourth-order valence-corrected chi connectivity index (χ4v) is 3.33. The number of hydrogen-bond acceptors (Lipinski definition) is 7. The molecule has 0 fully saturated rings. The molecule has 0 aromatic carbocycles. The molecule has 0 spiro atoms. The zero-order valence-electron chi connectivity index (χ0n) is 13.6. The van der Waals surface area contributed by atoms with E-state index in [4.69, 9.17) is 9.47 Å². The summed E-state index contributed by atoms with van der Waals surface area (Å²) in [4.78, 5) is 29.2. The quantitative estimate of drug-likeness (QED) is 0.833. The summed E-state index contributed by atoms with van der Waals surface area (Å²) in [6.45, 7) is 7.59. The third kappa shape index (κ3) is 3.44. The summed E-state index contributed by atoms with van der Waals surface area (Å²) >= 11 is 1.39. The number of rotatable bonds is 5. The molecule has 1 aliphatic rings. The van der Waals surface area contributed by atoms with Crippen molar-refractivity contribution in [3.63, 3.8) is 0 Å². The van der Waals surface area contributed by atoms with E-state index in [1.165, 1.54) is 11.3 Å². The standard InChI is InChI=1S/C16H20N2O4S/c1-5-21-15(19)11-9(3)18-10(4)12(16(20)22-6-2)13(11)14-17-7-8-23-14/h7-8,13,18H,5-6H2,1-4H3. The van der Waals surface area contributed by atoms with Crippen LogP contribution < -0.4 is 5.32 Å². The van der Waals surface area contributed by atoms with Crippen molar-refractivity contribution < 1.29 is 19.1 Å². The number of nitrogens with one attached hydrogen (secondary N) is 1. The highest BCUT2D eigenvalue weighted by Crippen LogP contribution is 2.39. The van der Waals surface area contributed by atoms with Gasteiger partial charge in [-0.1, -0.05) is 0 Å². The Balaban J connectivity index is 2.55. The summed E-state index contributed by atoms with van der Waals surface area (Å²) in [5.41, 5.74) is 2.12. The van der Waals surface area contributed by atoms with Crippen LogP contribution in [0.1, 0.15) is 38.6 Å². The molecule has 1 N–H and O–H groups in total. The van der Waals surface area contributed by atoms with Crippen LogP contribution in [-0.4, -0.2) is 30.1 Å². The third-order valence-corrected chi connectivity index (χ3v) is 4.29. The Bertz CT molecular complexity index is 622. The Morgan fingerprint density at radius 1 is 1.13 bits per heavy atom. The number of dihydropyridines is 1. The first-order valence-electron chi connectivity index (χ1n) is 7.43. The van der Waals surface area contributed by atoms with Gasteiger partial charge in [-0.25, -0.2) is 14.6 Å². The molecular weight excluding hydrogens is 316 g/mol. The summed E-state index contributed by atoms with van der Waals surface area (Å²) < 4.78 is 10.3. The molecule has 0 aliphatic carbocycles. The van der Waals surface area contributed by atoms with Crippen LogP contribution in [0.4, 0.5) is 0 Å². The summed E-state index contributed by atoms with van der Waals surface area (Å²) in [5, 5.41) is 5.56. The van der Waals surface area contributed by atoms with Crippen LogP contribution in [0.3, 0.4) is 0 Å². The molecule has 0 saturated heterocycles. The molecule has 23 heavy (non-hydrogen) atoms. The van der Waals surface area contributed by atoms with Gasteiger partial charge >= 0.3 is 11.9 Å². The van der Waals surface area contributed by atoms with E-state index in [1.807, 2.05) is 5.38 Å². The predicted molar refractivity (Wildman–Crippen MR) is 86.7 cm³/mol. The van der Waals surface area contributed by atoms with Crippen LogP contribution in [0.15, 0.2) is 34.1 Å². The SMILES string of the molecule is CCOC(=O)C1=C(C)NC(C)=C(C(=O)OCC)C1c1nccs1. The number of aromatic nitrogens is 1. The van der Waals surface area contributed by atoms with E-state index in [0.717, 1.165) is 0 Å². The van der Waals surface area contributed by atoms with Gasteiger partial charge in [0.2, 0.25) is 0 Å². The van der Waals surface area contributed by atoms with Crippen molar-refractivity contribution in [2.75, 3.05) is 13.2 Å². The van der Waals surface area contributed by atoms with Gasteiger partial charge in [0.05, 0.1) is 30.3 Å². The molecule has 7 heteroatoms. The van der Waals surface area contributed by atoms with Crippen LogP contribution in [0.25, 0.3) is 0 Å². The Labute approximate surface area is 139 Å². The van der Waals surface area contributed by atoms with E-state index in [2.05, 4.69) is 10.3 Å². The van der Waals surface area contributed by atoms with Crippen molar-refractivity contribution in [3.05, 3.63) is 39.1 Å². The predicted octanol–water partition coefficient (Wildman–Crippen LogP) is 2.50. The third-order valence-electron chi connectivity index (χ3n) is 3.45. The first kappa shape index (κ1) is 17.2. The molecule has 0 atom stereocenters. The van der Waals surface area contributed by atoms with E-state index in [1.54, 1.807) is 33.9 Å². The number of esters is 2. The molecule has 0 radical (unpaired) electrons. The van der Waals surface area contributed by atoms with Crippen molar-refractivity contribution in [1.82, 2.24) is 10.3 Å². The minimum Gasteiger partial charge on any atom is -0.463 e. The average molecular weight is 336 g/mol. The second-order valence-corrected chi connectivity index (χ2v) is 5.87. The fourth-order valence-electron chi connectivity index (χ4n) is 2.58. The van der Waals surface area contributed by atoms with Gasteiger partial charge in [0.15, 0.2) is 0 Å². The van der Waals surface area contributed by atoms with Gasteiger partial charge in [-0.05, 0) is 27.7 Å². The van der Waals surface area contributed by atoms with Gasteiger partial charge in [-0.3, -0.25) is 0 Å². The van der Waals surface area contributed by atoms with Crippen LogP contribution in [-0.2, 0) is 19.1 Å².